The van der Waals surface area contributed by atoms with Crippen LogP contribution in [0.3, 0.4) is 0 Å². The molecule has 0 radical (unpaired) electrons. The number of hydrogen-bond acceptors (Lipinski definition) is 5. The van der Waals surface area contributed by atoms with E-state index in [4.69, 9.17) is 14.2 Å². The summed E-state index contributed by atoms with van der Waals surface area (Å²) in [4.78, 5) is 4.16. The van der Waals surface area contributed by atoms with E-state index < -0.39 is 6.10 Å². The second-order valence-corrected chi connectivity index (χ2v) is 4.24. The number of hydrogen-bond donors (Lipinski definition) is 1. The Labute approximate surface area is 117 Å². The van der Waals surface area contributed by atoms with Crippen molar-refractivity contribution >= 4 is 0 Å². The summed E-state index contributed by atoms with van der Waals surface area (Å²) in [6.45, 7) is 0. The summed E-state index contributed by atoms with van der Waals surface area (Å²) in [6, 6.07) is 3.40. The summed E-state index contributed by atoms with van der Waals surface area (Å²) in [6.07, 6.45) is 2.44. The number of aromatic nitrogens is 2. The number of aliphatic hydroxyl groups is 1. The molecule has 6 heteroatoms. The molecular weight excluding hydrogens is 260 g/mol. The third-order valence-corrected chi connectivity index (χ3v) is 3.13. The molecule has 0 saturated carbocycles. The van der Waals surface area contributed by atoms with E-state index >= 15 is 0 Å². The SMILES string of the molecule is COc1cc(OC)c(C(O)c2nccn2C)c(OC)c1. The van der Waals surface area contributed by atoms with Gasteiger partial charge in [0.2, 0.25) is 0 Å². The van der Waals surface area contributed by atoms with E-state index in [0.717, 1.165) is 0 Å². The van der Waals surface area contributed by atoms with Crippen LogP contribution in [0.1, 0.15) is 17.5 Å². The Kier molecular flexibility index (Phi) is 4.14. The van der Waals surface area contributed by atoms with Crippen molar-refractivity contribution in [3.8, 4) is 17.2 Å². The molecule has 1 atom stereocenters. The van der Waals surface area contributed by atoms with Gasteiger partial charge in [0.15, 0.2) is 0 Å². The second-order valence-electron chi connectivity index (χ2n) is 4.24. The lowest BCUT2D eigenvalue weighted by Gasteiger charge is -2.19. The van der Waals surface area contributed by atoms with Gasteiger partial charge in [-0.05, 0) is 0 Å². The van der Waals surface area contributed by atoms with Crippen molar-refractivity contribution in [2.75, 3.05) is 21.3 Å². The zero-order valence-electron chi connectivity index (χ0n) is 12.0. The topological polar surface area (TPSA) is 65.7 Å². The molecule has 6 nitrogen and oxygen atoms in total. The minimum absolute atomic E-state index is 0.483. The highest BCUT2D eigenvalue weighted by atomic mass is 16.5. The molecule has 2 rings (SSSR count). The molecule has 0 bridgehead atoms. The average molecular weight is 278 g/mol. The van der Waals surface area contributed by atoms with E-state index in [2.05, 4.69) is 4.98 Å². The largest absolute Gasteiger partial charge is 0.496 e. The summed E-state index contributed by atoms with van der Waals surface area (Å²) in [7, 11) is 6.43. The summed E-state index contributed by atoms with van der Waals surface area (Å²) in [5.41, 5.74) is 0.519. The van der Waals surface area contributed by atoms with E-state index in [-0.39, 0.29) is 0 Å². The van der Waals surface area contributed by atoms with Crippen molar-refractivity contribution < 1.29 is 19.3 Å². The molecule has 0 saturated heterocycles. The number of imidazole rings is 1. The van der Waals surface area contributed by atoms with Crippen molar-refractivity contribution in [3.63, 3.8) is 0 Å². The maximum absolute atomic E-state index is 10.6. The predicted octanol–water partition coefficient (Wildman–Crippen LogP) is 1.53. The highest BCUT2D eigenvalue weighted by Gasteiger charge is 2.24. The number of ether oxygens (including phenoxy) is 3. The van der Waals surface area contributed by atoms with Gasteiger partial charge in [-0.2, -0.15) is 0 Å². The van der Waals surface area contributed by atoms with E-state index in [1.807, 2.05) is 7.05 Å². The first-order chi connectivity index (χ1) is 9.62. The fourth-order valence-electron chi connectivity index (χ4n) is 2.07. The number of aliphatic hydroxyl groups excluding tert-OH is 1. The highest BCUT2D eigenvalue weighted by Crippen LogP contribution is 2.40. The van der Waals surface area contributed by atoms with Crippen molar-refractivity contribution in [2.45, 2.75) is 6.10 Å². The normalized spacial score (nSPS) is 12.1. The molecule has 0 amide bonds. The van der Waals surface area contributed by atoms with E-state index in [1.165, 1.54) is 14.2 Å². The van der Waals surface area contributed by atoms with Crippen molar-refractivity contribution in [2.24, 2.45) is 7.05 Å². The van der Waals surface area contributed by atoms with Crippen molar-refractivity contribution in [1.29, 1.82) is 0 Å². The van der Waals surface area contributed by atoms with Crippen LogP contribution in [0.5, 0.6) is 17.2 Å². The molecular formula is C14H18N2O4. The van der Waals surface area contributed by atoms with Crippen LogP contribution < -0.4 is 14.2 Å². The first-order valence-corrected chi connectivity index (χ1v) is 6.07. The molecule has 1 N–H and O–H groups in total. The highest BCUT2D eigenvalue weighted by molar-refractivity contribution is 5.53. The third kappa shape index (κ3) is 2.42. The molecule has 108 valence electrons. The Morgan fingerprint density at radius 1 is 1.10 bits per heavy atom. The van der Waals surface area contributed by atoms with E-state index in [9.17, 15) is 5.11 Å². The van der Waals surface area contributed by atoms with Crippen LogP contribution in [0.25, 0.3) is 0 Å². The van der Waals surface area contributed by atoms with E-state index in [1.54, 1.807) is 36.2 Å². The minimum Gasteiger partial charge on any atom is -0.496 e. The van der Waals surface area contributed by atoms with Crippen molar-refractivity contribution in [3.05, 3.63) is 35.9 Å². The van der Waals surface area contributed by atoms with Gasteiger partial charge in [-0.15, -0.1) is 0 Å². The minimum atomic E-state index is -0.953. The third-order valence-electron chi connectivity index (χ3n) is 3.13. The molecule has 0 fully saturated rings. The van der Waals surface area contributed by atoms with Gasteiger partial charge >= 0.3 is 0 Å². The Bertz CT molecular complexity index is 570. The fourth-order valence-corrected chi connectivity index (χ4v) is 2.07. The Hall–Kier alpha value is -2.21. The van der Waals surface area contributed by atoms with Crippen LogP contribution >= 0.6 is 0 Å². The van der Waals surface area contributed by atoms with E-state index in [0.29, 0.717) is 28.6 Å². The lowest BCUT2D eigenvalue weighted by molar-refractivity contribution is 0.195. The van der Waals surface area contributed by atoms with Gasteiger partial charge in [0, 0.05) is 31.6 Å². The van der Waals surface area contributed by atoms with Crippen LogP contribution in [0.4, 0.5) is 0 Å². The number of methoxy groups -OCH3 is 3. The summed E-state index contributed by atoms with van der Waals surface area (Å²) < 4.78 is 17.6. The lowest BCUT2D eigenvalue weighted by atomic mass is 10.1. The molecule has 0 spiro atoms. The molecule has 20 heavy (non-hydrogen) atoms. The zero-order valence-corrected chi connectivity index (χ0v) is 12.0. The molecule has 1 heterocycles. The smallest absolute Gasteiger partial charge is 0.144 e. The average Bonchev–Trinajstić information content (AvgIpc) is 2.91. The maximum Gasteiger partial charge on any atom is 0.144 e. The standard InChI is InChI=1S/C14H18N2O4/c1-16-6-5-15-14(16)13(17)12-10(19-3)7-9(18-2)8-11(12)20-4/h5-8,13,17H,1-4H3. The van der Waals surface area contributed by atoms with Crippen LogP contribution in [-0.4, -0.2) is 36.0 Å². The number of benzene rings is 1. The summed E-state index contributed by atoms with van der Waals surface area (Å²) in [5, 5.41) is 10.6. The van der Waals surface area contributed by atoms with Gasteiger partial charge in [-0.3, -0.25) is 0 Å². The second kappa shape index (κ2) is 5.83. The number of aryl methyl sites for hydroxylation is 1. The Balaban J connectivity index is 2.57. The van der Waals surface area contributed by atoms with Crippen LogP contribution in [-0.2, 0) is 7.05 Å². The molecule has 1 aromatic carbocycles. The Morgan fingerprint density at radius 3 is 2.10 bits per heavy atom. The Morgan fingerprint density at radius 2 is 1.70 bits per heavy atom. The molecule has 0 aliphatic heterocycles. The summed E-state index contributed by atoms with van der Waals surface area (Å²) >= 11 is 0. The van der Waals surface area contributed by atoms with Crippen LogP contribution in [0, 0.1) is 0 Å². The monoisotopic (exact) mass is 278 g/mol. The molecule has 2 aromatic rings. The zero-order chi connectivity index (χ0) is 14.7. The quantitative estimate of drug-likeness (QED) is 0.898. The van der Waals surface area contributed by atoms with Crippen molar-refractivity contribution in [1.82, 2.24) is 9.55 Å². The molecule has 0 aliphatic carbocycles. The van der Waals surface area contributed by atoms with Gasteiger partial charge in [0.1, 0.15) is 29.2 Å². The number of nitrogens with zero attached hydrogens (tertiary/aromatic N) is 2. The van der Waals surface area contributed by atoms with Gasteiger partial charge in [0.25, 0.3) is 0 Å². The molecule has 1 aromatic heterocycles. The first-order valence-electron chi connectivity index (χ1n) is 6.07. The van der Waals surface area contributed by atoms with Gasteiger partial charge in [-0.1, -0.05) is 0 Å². The fraction of sp³-hybridized carbons (Fsp3) is 0.357. The van der Waals surface area contributed by atoms with Gasteiger partial charge in [0.05, 0.1) is 26.9 Å². The van der Waals surface area contributed by atoms with Gasteiger partial charge in [-0.25, -0.2) is 4.98 Å². The lowest BCUT2D eigenvalue weighted by Crippen LogP contribution is -2.10. The predicted molar refractivity (Wildman–Crippen MR) is 73.4 cm³/mol. The van der Waals surface area contributed by atoms with Crippen LogP contribution in [0.2, 0.25) is 0 Å². The maximum atomic E-state index is 10.6. The summed E-state index contributed by atoms with van der Waals surface area (Å²) in [5.74, 6) is 2.06. The van der Waals surface area contributed by atoms with Crippen LogP contribution in [0.15, 0.2) is 24.5 Å². The van der Waals surface area contributed by atoms with Gasteiger partial charge < -0.3 is 23.9 Å². The number of rotatable bonds is 5. The molecule has 0 aliphatic rings. The molecule has 1 unspecified atom stereocenters. The first kappa shape index (κ1) is 14.2.